The van der Waals surface area contributed by atoms with Gasteiger partial charge >= 0.3 is 16.2 Å². The van der Waals surface area contributed by atoms with Gasteiger partial charge in [0.2, 0.25) is 0 Å². The molecule has 1 aliphatic heterocycles. The van der Waals surface area contributed by atoms with Gasteiger partial charge in [0, 0.05) is 19.6 Å². The maximum Gasteiger partial charge on any atom is 0.335 e. The number of fused-ring (bicyclic) bond motifs is 1. The molecule has 0 aromatic heterocycles. The van der Waals surface area contributed by atoms with E-state index in [-0.39, 0.29) is 11.6 Å². The lowest BCUT2D eigenvalue weighted by molar-refractivity contribution is 0.0696. The van der Waals surface area contributed by atoms with E-state index in [0.717, 1.165) is 5.56 Å². The summed E-state index contributed by atoms with van der Waals surface area (Å²) in [7, 11) is -2.03. The highest BCUT2D eigenvalue weighted by atomic mass is 32.2. The van der Waals surface area contributed by atoms with E-state index in [2.05, 4.69) is 0 Å². The second-order valence-electron chi connectivity index (χ2n) is 5.44. The molecular formula is C14H20N2O4S. The van der Waals surface area contributed by atoms with Crippen LogP contribution in [-0.4, -0.2) is 43.4 Å². The number of carbonyl (C=O) groups is 1. The Bertz CT molecular complexity index is 655. The summed E-state index contributed by atoms with van der Waals surface area (Å²) >= 11 is 0. The molecule has 1 aromatic rings. The molecule has 6 nitrogen and oxygen atoms in total. The minimum atomic E-state index is -3.59. The first-order valence-electron chi connectivity index (χ1n) is 6.87. The number of carboxylic acid groups (broad SMARTS) is 1. The van der Waals surface area contributed by atoms with E-state index in [1.165, 1.54) is 14.7 Å². The molecule has 7 heteroatoms. The summed E-state index contributed by atoms with van der Waals surface area (Å²) in [4.78, 5) is 11.0. The molecule has 0 spiro atoms. The molecule has 0 saturated heterocycles. The lowest BCUT2D eigenvalue weighted by Gasteiger charge is -2.35. The van der Waals surface area contributed by atoms with Crippen LogP contribution in [0.3, 0.4) is 0 Å². The Hall–Kier alpha value is -1.60. The predicted octanol–water partition coefficient (Wildman–Crippen LogP) is 1.72. The Morgan fingerprint density at radius 2 is 2.05 bits per heavy atom. The molecule has 1 heterocycles. The molecule has 21 heavy (non-hydrogen) atoms. The van der Waals surface area contributed by atoms with E-state index in [1.807, 2.05) is 13.8 Å². The van der Waals surface area contributed by atoms with Crippen molar-refractivity contribution in [1.29, 1.82) is 0 Å². The van der Waals surface area contributed by atoms with E-state index in [9.17, 15) is 13.2 Å². The van der Waals surface area contributed by atoms with Crippen molar-refractivity contribution in [3.05, 3.63) is 29.3 Å². The summed E-state index contributed by atoms with van der Waals surface area (Å²) in [5.41, 5.74) is 1.53. The highest BCUT2D eigenvalue weighted by Crippen LogP contribution is 2.31. The van der Waals surface area contributed by atoms with Gasteiger partial charge in [-0.1, -0.05) is 0 Å². The Kier molecular flexibility index (Phi) is 4.25. The minimum absolute atomic E-state index is 0.140. The van der Waals surface area contributed by atoms with Crippen LogP contribution in [0.5, 0.6) is 0 Å². The van der Waals surface area contributed by atoms with Gasteiger partial charge in [-0.05, 0) is 50.5 Å². The van der Waals surface area contributed by atoms with Gasteiger partial charge in [0.25, 0.3) is 0 Å². The quantitative estimate of drug-likeness (QED) is 0.918. The lowest BCUT2D eigenvalue weighted by Crippen LogP contribution is -2.46. The summed E-state index contributed by atoms with van der Waals surface area (Å²) in [6, 6.07) is 4.46. The van der Waals surface area contributed by atoms with E-state index in [4.69, 9.17) is 5.11 Å². The standard InChI is InChI=1S/C14H20N2O4S/c1-10(2)15(3)21(19,20)16-8-4-5-11-9-12(14(17)18)6-7-13(11)16/h6-7,9-10H,4-5,8H2,1-3H3,(H,17,18). The van der Waals surface area contributed by atoms with Crippen LogP contribution < -0.4 is 4.31 Å². The molecule has 0 radical (unpaired) electrons. The second kappa shape index (κ2) is 5.65. The molecule has 0 fully saturated rings. The summed E-state index contributed by atoms with van der Waals surface area (Å²) in [6.45, 7) is 4.05. The maximum absolute atomic E-state index is 12.6. The second-order valence-corrected chi connectivity index (χ2v) is 7.35. The van der Waals surface area contributed by atoms with Gasteiger partial charge in [-0.25, -0.2) is 4.79 Å². The predicted molar refractivity (Wildman–Crippen MR) is 80.9 cm³/mol. The molecular weight excluding hydrogens is 292 g/mol. The van der Waals surface area contributed by atoms with Gasteiger partial charge in [0.1, 0.15) is 0 Å². The van der Waals surface area contributed by atoms with Gasteiger partial charge in [-0.15, -0.1) is 0 Å². The summed E-state index contributed by atoms with van der Waals surface area (Å²) < 4.78 is 28.0. The summed E-state index contributed by atoms with van der Waals surface area (Å²) in [6.07, 6.45) is 1.37. The van der Waals surface area contributed by atoms with Crippen molar-refractivity contribution in [2.75, 3.05) is 17.9 Å². The summed E-state index contributed by atoms with van der Waals surface area (Å²) in [5.74, 6) is -1.00. The highest BCUT2D eigenvalue weighted by Gasteiger charge is 2.32. The fourth-order valence-electron chi connectivity index (χ4n) is 2.36. The fourth-order valence-corrected chi connectivity index (χ4v) is 3.99. The number of nitrogens with zero attached hydrogens (tertiary/aromatic N) is 2. The molecule has 116 valence electrons. The number of carboxylic acids is 1. The Morgan fingerprint density at radius 3 is 2.62 bits per heavy atom. The molecule has 1 N–H and O–H groups in total. The van der Waals surface area contributed by atoms with Gasteiger partial charge < -0.3 is 5.11 Å². The zero-order valence-electron chi connectivity index (χ0n) is 12.4. The van der Waals surface area contributed by atoms with Crippen molar-refractivity contribution in [2.45, 2.75) is 32.7 Å². The van der Waals surface area contributed by atoms with Crippen LogP contribution in [0.4, 0.5) is 5.69 Å². The first-order valence-corrected chi connectivity index (χ1v) is 8.26. The minimum Gasteiger partial charge on any atom is -0.478 e. The molecule has 0 unspecified atom stereocenters. The van der Waals surface area contributed by atoms with Crippen LogP contribution in [0.25, 0.3) is 0 Å². The third-order valence-electron chi connectivity index (χ3n) is 3.77. The van der Waals surface area contributed by atoms with Crippen LogP contribution in [0.1, 0.15) is 36.2 Å². The molecule has 2 rings (SSSR count). The van der Waals surface area contributed by atoms with Gasteiger partial charge in [-0.2, -0.15) is 12.7 Å². The Labute approximate surface area is 125 Å². The number of aromatic carboxylic acids is 1. The van der Waals surface area contributed by atoms with E-state index < -0.39 is 16.2 Å². The van der Waals surface area contributed by atoms with E-state index in [1.54, 1.807) is 19.2 Å². The van der Waals surface area contributed by atoms with Crippen molar-refractivity contribution in [3.8, 4) is 0 Å². The number of rotatable bonds is 4. The van der Waals surface area contributed by atoms with Gasteiger partial charge in [-0.3, -0.25) is 4.31 Å². The number of hydrogen-bond donors (Lipinski definition) is 1. The first kappa shape index (κ1) is 15.8. The van der Waals surface area contributed by atoms with Gasteiger partial charge in [0.05, 0.1) is 11.3 Å². The molecule has 1 aromatic carbocycles. The molecule has 0 aliphatic carbocycles. The topological polar surface area (TPSA) is 77.9 Å². The summed E-state index contributed by atoms with van der Waals surface area (Å²) in [5, 5.41) is 9.03. The van der Waals surface area contributed by atoms with E-state index in [0.29, 0.717) is 25.1 Å². The number of anilines is 1. The highest BCUT2D eigenvalue weighted by molar-refractivity contribution is 7.90. The molecule has 0 bridgehead atoms. The monoisotopic (exact) mass is 312 g/mol. The number of aryl methyl sites for hydroxylation is 1. The van der Waals surface area contributed by atoms with Crippen molar-refractivity contribution in [2.24, 2.45) is 0 Å². The third kappa shape index (κ3) is 2.89. The maximum atomic E-state index is 12.6. The van der Waals surface area contributed by atoms with Crippen molar-refractivity contribution >= 4 is 21.9 Å². The normalized spacial score (nSPS) is 15.4. The average molecular weight is 312 g/mol. The molecule has 1 aliphatic rings. The zero-order valence-corrected chi connectivity index (χ0v) is 13.2. The van der Waals surface area contributed by atoms with Crippen molar-refractivity contribution in [1.82, 2.24) is 4.31 Å². The largest absolute Gasteiger partial charge is 0.478 e. The number of benzene rings is 1. The third-order valence-corrected chi connectivity index (χ3v) is 5.86. The number of hydrogen-bond acceptors (Lipinski definition) is 3. The Balaban J connectivity index is 2.46. The molecule has 0 amide bonds. The smallest absolute Gasteiger partial charge is 0.335 e. The van der Waals surface area contributed by atoms with Crippen LogP contribution >= 0.6 is 0 Å². The SMILES string of the molecule is CC(C)N(C)S(=O)(=O)N1CCCc2cc(C(=O)O)ccc21. The van der Waals surface area contributed by atoms with Crippen molar-refractivity contribution < 1.29 is 18.3 Å². The molecule has 0 atom stereocenters. The van der Waals surface area contributed by atoms with Crippen LogP contribution in [-0.2, 0) is 16.6 Å². The lowest BCUT2D eigenvalue weighted by atomic mass is 10.0. The van der Waals surface area contributed by atoms with Crippen LogP contribution in [0.15, 0.2) is 18.2 Å². The zero-order chi connectivity index (χ0) is 15.8. The fraction of sp³-hybridized carbons (Fsp3) is 0.500. The van der Waals surface area contributed by atoms with E-state index >= 15 is 0 Å². The Morgan fingerprint density at radius 1 is 1.38 bits per heavy atom. The van der Waals surface area contributed by atoms with Crippen molar-refractivity contribution in [3.63, 3.8) is 0 Å². The first-order chi connectivity index (χ1) is 9.75. The van der Waals surface area contributed by atoms with Crippen LogP contribution in [0.2, 0.25) is 0 Å². The van der Waals surface area contributed by atoms with Gasteiger partial charge in [0.15, 0.2) is 0 Å². The van der Waals surface area contributed by atoms with Crippen LogP contribution in [0, 0.1) is 0 Å². The average Bonchev–Trinajstić information content (AvgIpc) is 2.44. The molecule has 0 saturated carbocycles.